The lowest BCUT2D eigenvalue weighted by Crippen LogP contribution is -1.89. The highest BCUT2D eigenvalue weighted by Crippen LogP contribution is 2.42. The normalized spacial score (nSPS) is 11.7. The molecule has 0 aromatic heterocycles. The Kier molecular flexibility index (Phi) is 7.96. The zero-order valence-electron chi connectivity index (χ0n) is 32.9. The Morgan fingerprint density at radius 1 is 0.150 bits per heavy atom. The maximum Gasteiger partial charge on any atom is -0.00928 e. The third-order valence-electron chi connectivity index (χ3n) is 12.6. The van der Waals surface area contributed by atoms with Gasteiger partial charge in [-0.05, 0) is 169 Å². The molecular formula is C60H38. The van der Waals surface area contributed by atoms with Crippen LogP contribution in [0, 0.1) is 0 Å². The average molecular weight is 759 g/mol. The minimum absolute atomic E-state index is 1.21. The van der Waals surface area contributed by atoms with Gasteiger partial charge < -0.3 is 0 Å². The molecule has 0 heteroatoms. The minimum Gasteiger partial charge on any atom is -0.0622 e. The van der Waals surface area contributed by atoms with Crippen LogP contribution in [0.1, 0.15) is 0 Å². The minimum atomic E-state index is 1.21. The Morgan fingerprint density at radius 3 is 0.883 bits per heavy atom. The van der Waals surface area contributed by atoms with E-state index in [1.807, 2.05) is 0 Å². The molecule has 0 fully saturated rings. The second-order valence-corrected chi connectivity index (χ2v) is 16.1. The van der Waals surface area contributed by atoms with Gasteiger partial charge in [0.15, 0.2) is 0 Å². The van der Waals surface area contributed by atoms with Crippen molar-refractivity contribution in [3.8, 4) is 55.6 Å². The molecule has 12 aromatic rings. The molecule has 0 amide bonds. The zero-order chi connectivity index (χ0) is 39.6. The zero-order valence-corrected chi connectivity index (χ0v) is 32.9. The molecular weight excluding hydrogens is 721 g/mol. The van der Waals surface area contributed by atoms with Crippen molar-refractivity contribution in [1.82, 2.24) is 0 Å². The third kappa shape index (κ3) is 5.84. The maximum atomic E-state index is 2.40. The van der Waals surface area contributed by atoms with Crippen LogP contribution in [0.3, 0.4) is 0 Å². The number of fused-ring (bicyclic) bond motifs is 8. The van der Waals surface area contributed by atoms with Gasteiger partial charge in [0.1, 0.15) is 0 Å². The molecule has 0 aliphatic heterocycles. The second kappa shape index (κ2) is 13.9. The van der Waals surface area contributed by atoms with Gasteiger partial charge in [-0.1, -0.05) is 182 Å². The quantitative estimate of drug-likeness (QED) is 0.153. The van der Waals surface area contributed by atoms with E-state index in [4.69, 9.17) is 0 Å². The van der Waals surface area contributed by atoms with Crippen LogP contribution in [0.4, 0.5) is 0 Å². The summed E-state index contributed by atoms with van der Waals surface area (Å²) in [5.74, 6) is 0. The number of hydrogen-bond donors (Lipinski definition) is 0. The van der Waals surface area contributed by atoms with E-state index in [-0.39, 0.29) is 0 Å². The average Bonchev–Trinajstić information content (AvgIpc) is 3.33. The monoisotopic (exact) mass is 758 g/mol. The van der Waals surface area contributed by atoms with Crippen molar-refractivity contribution in [3.63, 3.8) is 0 Å². The van der Waals surface area contributed by atoms with E-state index in [0.717, 1.165) is 0 Å². The highest BCUT2D eigenvalue weighted by Gasteiger charge is 2.15. The maximum absolute atomic E-state index is 2.40. The summed E-state index contributed by atoms with van der Waals surface area (Å²) in [6.45, 7) is 0. The molecule has 0 atom stereocenters. The fourth-order valence-corrected chi connectivity index (χ4v) is 9.49. The summed E-state index contributed by atoms with van der Waals surface area (Å²) in [6.07, 6.45) is 0. The fraction of sp³-hybridized carbons (Fsp3) is 0. The van der Waals surface area contributed by atoms with E-state index in [2.05, 4.69) is 231 Å². The molecule has 0 saturated heterocycles. The molecule has 0 heterocycles. The summed E-state index contributed by atoms with van der Waals surface area (Å²) < 4.78 is 0. The Hall–Kier alpha value is -7.80. The summed E-state index contributed by atoms with van der Waals surface area (Å²) >= 11 is 0. The highest BCUT2D eigenvalue weighted by atomic mass is 14.2. The van der Waals surface area contributed by atoms with Crippen LogP contribution >= 0.6 is 0 Å². The third-order valence-corrected chi connectivity index (χ3v) is 12.6. The predicted octanol–water partition coefficient (Wildman–Crippen LogP) is 16.9. The summed E-state index contributed by atoms with van der Waals surface area (Å²) in [5.41, 5.74) is 12.3. The second-order valence-electron chi connectivity index (χ2n) is 16.1. The first-order valence-corrected chi connectivity index (χ1v) is 20.8. The van der Waals surface area contributed by atoms with Crippen molar-refractivity contribution in [3.05, 3.63) is 231 Å². The molecule has 0 saturated carbocycles. The number of benzene rings is 12. The van der Waals surface area contributed by atoms with E-state index < -0.39 is 0 Å². The predicted molar refractivity (Wildman–Crippen MR) is 259 cm³/mol. The molecule has 12 aromatic carbocycles. The van der Waals surface area contributed by atoms with Gasteiger partial charge in [0.25, 0.3) is 0 Å². The van der Waals surface area contributed by atoms with Crippen molar-refractivity contribution < 1.29 is 0 Å². The van der Waals surface area contributed by atoms with Crippen molar-refractivity contribution in [2.75, 3.05) is 0 Å². The summed E-state index contributed by atoms with van der Waals surface area (Å²) in [4.78, 5) is 0. The van der Waals surface area contributed by atoms with Gasteiger partial charge >= 0.3 is 0 Å². The standard InChI is InChI=1S/C60H38/c1-3-13-41(14-4-1)57-37-51-33-47(23-27-53(51)55-29-25-49(35-59(55)57)45-21-19-39-11-7-9-17-43(39)31-45)48-24-28-54-52(34-48)38-58(42-15-5-2-6-16-42)60-36-50(26-30-56(54)60)46-22-20-40-12-8-10-18-44(40)32-46/h1-38H. The Bertz CT molecular complexity index is 3390. The van der Waals surface area contributed by atoms with E-state index in [0.29, 0.717) is 0 Å². The lowest BCUT2D eigenvalue weighted by atomic mass is 9.88. The Balaban J connectivity index is 0.999. The molecule has 0 unspecified atom stereocenters. The largest absolute Gasteiger partial charge is 0.0622 e. The molecule has 0 aliphatic rings. The Labute approximate surface area is 349 Å². The molecule has 0 bridgehead atoms. The first-order valence-electron chi connectivity index (χ1n) is 20.8. The molecule has 60 heavy (non-hydrogen) atoms. The highest BCUT2D eigenvalue weighted by molar-refractivity contribution is 6.17. The lowest BCUT2D eigenvalue weighted by Gasteiger charge is -2.16. The van der Waals surface area contributed by atoms with Crippen LogP contribution in [-0.2, 0) is 0 Å². The van der Waals surface area contributed by atoms with Crippen LogP contribution in [0.5, 0.6) is 0 Å². The first-order chi connectivity index (χ1) is 29.7. The van der Waals surface area contributed by atoms with Crippen LogP contribution in [0.25, 0.3) is 120 Å². The molecule has 0 aliphatic carbocycles. The number of hydrogen-bond acceptors (Lipinski definition) is 0. The van der Waals surface area contributed by atoms with E-state index >= 15 is 0 Å². The molecule has 12 rings (SSSR count). The Morgan fingerprint density at radius 2 is 0.467 bits per heavy atom. The van der Waals surface area contributed by atoms with Gasteiger partial charge in [-0.25, -0.2) is 0 Å². The SMILES string of the molecule is c1ccc(-c2cc3cc(-c4ccc5c(c4)cc(-c4ccccc4)c4cc(-c6ccc7ccccc7c6)ccc45)ccc3c3ccc(-c4ccc5ccccc5c4)cc23)cc1. The number of rotatable bonds is 5. The van der Waals surface area contributed by atoms with E-state index in [9.17, 15) is 0 Å². The topological polar surface area (TPSA) is 0 Å². The molecule has 0 nitrogen and oxygen atoms in total. The lowest BCUT2D eigenvalue weighted by molar-refractivity contribution is 1.64. The molecule has 0 N–H and O–H groups in total. The summed E-state index contributed by atoms with van der Waals surface area (Å²) in [7, 11) is 0. The van der Waals surface area contributed by atoms with Crippen LogP contribution in [0.15, 0.2) is 231 Å². The first kappa shape index (κ1) is 34.3. The van der Waals surface area contributed by atoms with Crippen LogP contribution < -0.4 is 0 Å². The van der Waals surface area contributed by atoms with Crippen molar-refractivity contribution in [2.45, 2.75) is 0 Å². The smallest absolute Gasteiger partial charge is 0.00928 e. The van der Waals surface area contributed by atoms with Crippen LogP contribution in [-0.4, -0.2) is 0 Å². The molecule has 0 radical (unpaired) electrons. The van der Waals surface area contributed by atoms with Gasteiger partial charge in [-0.3, -0.25) is 0 Å². The summed E-state index contributed by atoms with van der Waals surface area (Å²) in [5, 5.41) is 15.1. The fourth-order valence-electron chi connectivity index (χ4n) is 9.49. The van der Waals surface area contributed by atoms with E-state index in [1.54, 1.807) is 0 Å². The van der Waals surface area contributed by atoms with Crippen molar-refractivity contribution in [1.29, 1.82) is 0 Å². The molecule has 278 valence electrons. The van der Waals surface area contributed by atoms with Gasteiger partial charge in [0, 0.05) is 0 Å². The van der Waals surface area contributed by atoms with Crippen molar-refractivity contribution >= 4 is 64.6 Å². The van der Waals surface area contributed by atoms with E-state index in [1.165, 1.54) is 120 Å². The van der Waals surface area contributed by atoms with Crippen LogP contribution in [0.2, 0.25) is 0 Å². The van der Waals surface area contributed by atoms with Gasteiger partial charge in [-0.2, -0.15) is 0 Å². The molecule has 0 spiro atoms. The van der Waals surface area contributed by atoms with Crippen molar-refractivity contribution in [2.24, 2.45) is 0 Å². The van der Waals surface area contributed by atoms with Gasteiger partial charge in [-0.15, -0.1) is 0 Å². The van der Waals surface area contributed by atoms with Gasteiger partial charge in [0.05, 0.1) is 0 Å². The van der Waals surface area contributed by atoms with Gasteiger partial charge in [0.2, 0.25) is 0 Å². The summed E-state index contributed by atoms with van der Waals surface area (Å²) in [6, 6.07) is 85.3.